The number of rotatable bonds is 4. The number of piperidine rings is 1. The summed E-state index contributed by atoms with van der Waals surface area (Å²) in [4.78, 5) is 36.6. The van der Waals surface area contributed by atoms with Crippen molar-refractivity contribution in [3.05, 3.63) is 0 Å². The number of nitrogens with zero attached hydrogens (tertiary/aromatic N) is 1. The van der Waals surface area contributed by atoms with Crippen LogP contribution in [0.2, 0.25) is 0 Å². The first-order valence-corrected chi connectivity index (χ1v) is 6.97. The Balaban J connectivity index is 2.81. The number of aliphatic carboxylic acids is 1. The van der Waals surface area contributed by atoms with Crippen LogP contribution in [0.15, 0.2) is 0 Å². The van der Waals surface area contributed by atoms with Crippen LogP contribution in [0.25, 0.3) is 0 Å². The number of carboxylic acids is 1. The van der Waals surface area contributed by atoms with Crippen molar-refractivity contribution in [1.82, 2.24) is 4.90 Å². The molecule has 0 aliphatic carbocycles. The Kier molecular flexibility index (Phi) is 4.62. The van der Waals surface area contributed by atoms with Crippen LogP contribution in [0.3, 0.4) is 0 Å². The Labute approximate surface area is 120 Å². The zero-order valence-corrected chi connectivity index (χ0v) is 13.0. The second-order valence-electron chi connectivity index (χ2n) is 7.72. The van der Waals surface area contributed by atoms with Gasteiger partial charge in [-0.05, 0) is 17.3 Å². The van der Waals surface area contributed by atoms with E-state index >= 15 is 0 Å². The van der Waals surface area contributed by atoms with Crippen LogP contribution in [0.4, 0.5) is 0 Å². The monoisotopic (exact) mass is 283 g/mol. The van der Waals surface area contributed by atoms with Gasteiger partial charge in [0.1, 0.15) is 0 Å². The van der Waals surface area contributed by atoms with Gasteiger partial charge in [-0.2, -0.15) is 0 Å². The van der Waals surface area contributed by atoms with Crippen LogP contribution in [-0.2, 0) is 14.4 Å². The van der Waals surface area contributed by atoms with Crippen molar-refractivity contribution < 1.29 is 19.5 Å². The van der Waals surface area contributed by atoms with E-state index in [4.69, 9.17) is 0 Å². The summed E-state index contributed by atoms with van der Waals surface area (Å²) >= 11 is 0. The fraction of sp³-hybridized carbons (Fsp3) is 0.800. The average molecular weight is 283 g/mol. The van der Waals surface area contributed by atoms with Crippen molar-refractivity contribution in [2.45, 2.75) is 53.9 Å². The molecule has 5 heteroatoms. The van der Waals surface area contributed by atoms with Crippen molar-refractivity contribution in [3.63, 3.8) is 0 Å². The lowest BCUT2D eigenvalue weighted by Crippen LogP contribution is -2.49. The summed E-state index contributed by atoms with van der Waals surface area (Å²) in [5, 5.41) is 9.29. The van der Waals surface area contributed by atoms with Gasteiger partial charge in [-0.1, -0.05) is 34.6 Å². The minimum atomic E-state index is -0.953. The van der Waals surface area contributed by atoms with E-state index < -0.39 is 11.9 Å². The Morgan fingerprint density at radius 2 is 1.70 bits per heavy atom. The smallest absolute Gasteiger partial charge is 0.308 e. The summed E-state index contributed by atoms with van der Waals surface area (Å²) in [6.45, 7) is 9.60. The van der Waals surface area contributed by atoms with E-state index in [1.54, 1.807) is 0 Å². The van der Waals surface area contributed by atoms with Crippen LogP contribution in [0.5, 0.6) is 0 Å². The first-order valence-electron chi connectivity index (χ1n) is 6.97. The van der Waals surface area contributed by atoms with E-state index in [1.165, 1.54) is 0 Å². The third kappa shape index (κ3) is 4.62. The lowest BCUT2D eigenvalue weighted by atomic mass is 9.80. The molecule has 1 atom stereocenters. The Morgan fingerprint density at radius 1 is 1.25 bits per heavy atom. The molecule has 0 radical (unpaired) electrons. The van der Waals surface area contributed by atoms with Gasteiger partial charge >= 0.3 is 5.97 Å². The topological polar surface area (TPSA) is 74.7 Å². The van der Waals surface area contributed by atoms with E-state index in [1.807, 2.05) is 34.6 Å². The molecule has 1 aliphatic rings. The molecule has 1 unspecified atom stereocenters. The van der Waals surface area contributed by atoms with Crippen LogP contribution in [0, 0.1) is 16.7 Å². The largest absolute Gasteiger partial charge is 0.481 e. The number of carbonyl (C=O) groups excluding carboxylic acids is 2. The normalized spacial score (nSPS) is 20.9. The van der Waals surface area contributed by atoms with Crippen molar-refractivity contribution in [2.75, 3.05) is 6.54 Å². The summed E-state index contributed by atoms with van der Waals surface area (Å²) in [6.07, 6.45) is 1.02. The standard InChI is InChI=1S/C15H25NO4/c1-14(2,3)6-10(13(19)20)9-16-11(17)7-15(4,5)8-12(16)18/h10H,6-9H2,1-5H3,(H,19,20). The second kappa shape index (κ2) is 5.54. The molecule has 20 heavy (non-hydrogen) atoms. The molecular formula is C15H25NO4. The predicted molar refractivity (Wildman–Crippen MR) is 74.9 cm³/mol. The first-order chi connectivity index (χ1) is 8.91. The zero-order valence-electron chi connectivity index (χ0n) is 13.0. The molecule has 1 saturated heterocycles. The van der Waals surface area contributed by atoms with Crippen molar-refractivity contribution in [3.8, 4) is 0 Å². The maximum absolute atomic E-state index is 12.1. The lowest BCUT2D eigenvalue weighted by molar-refractivity contribution is -0.155. The molecule has 0 saturated carbocycles. The number of hydrogen-bond acceptors (Lipinski definition) is 3. The van der Waals surface area contributed by atoms with Gasteiger partial charge in [0, 0.05) is 19.4 Å². The fourth-order valence-electron chi connectivity index (χ4n) is 2.60. The highest BCUT2D eigenvalue weighted by atomic mass is 16.4. The van der Waals surface area contributed by atoms with Crippen molar-refractivity contribution >= 4 is 17.8 Å². The fourth-order valence-corrected chi connectivity index (χ4v) is 2.60. The highest BCUT2D eigenvalue weighted by Gasteiger charge is 2.39. The maximum atomic E-state index is 12.1. The third-order valence-corrected chi connectivity index (χ3v) is 3.47. The van der Waals surface area contributed by atoms with Gasteiger partial charge in [-0.15, -0.1) is 0 Å². The molecule has 1 N–H and O–H groups in total. The van der Waals surface area contributed by atoms with Crippen LogP contribution in [0.1, 0.15) is 53.9 Å². The molecule has 0 aromatic carbocycles. The number of hydrogen-bond donors (Lipinski definition) is 1. The molecule has 1 heterocycles. The van der Waals surface area contributed by atoms with Crippen molar-refractivity contribution in [1.29, 1.82) is 0 Å². The van der Waals surface area contributed by atoms with Gasteiger partial charge in [0.2, 0.25) is 11.8 Å². The first kappa shape index (κ1) is 16.7. The van der Waals surface area contributed by atoms with E-state index in [0.29, 0.717) is 19.3 Å². The third-order valence-electron chi connectivity index (χ3n) is 3.47. The number of imide groups is 1. The minimum Gasteiger partial charge on any atom is -0.481 e. The highest BCUT2D eigenvalue weighted by Crippen LogP contribution is 2.33. The van der Waals surface area contributed by atoms with Crippen LogP contribution >= 0.6 is 0 Å². The number of likely N-dealkylation sites (tertiary alicyclic amines) is 1. The summed E-state index contributed by atoms with van der Waals surface area (Å²) in [7, 11) is 0. The number of amides is 2. The van der Waals surface area contributed by atoms with E-state index in [2.05, 4.69) is 0 Å². The summed E-state index contributed by atoms with van der Waals surface area (Å²) in [6, 6.07) is 0. The van der Waals surface area contributed by atoms with Gasteiger partial charge < -0.3 is 5.11 Å². The van der Waals surface area contributed by atoms with E-state index in [9.17, 15) is 19.5 Å². The van der Waals surface area contributed by atoms with E-state index in [-0.39, 0.29) is 29.2 Å². The van der Waals surface area contributed by atoms with Gasteiger partial charge in [-0.25, -0.2) is 0 Å². The number of carbonyl (C=O) groups is 3. The molecule has 5 nitrogen and oxygen atoms in total. The molecule has 1 fully saturated rings. The second-order valence-corrected chi connectivity index (χ2v) is 7.72. The molecule has 0 aromatic heterocycles. The van der Waals surface area contributed by atoms with Crippen LogP contribution < -0.4 is 0 Å². The van der Waals surface area contributed by atoms with Crippen molar-refractivity contribution in [2.24, 2.45) is 16.7 Å². The summed E-state index contributed by atoms with van der Waals surface area (Å²) in [5.41, 5.74) is -0.488. The Morgan fingerprint density at radius 3 is 2.05 bits per heavy atom. The van der Waals surface area contributed by atoms with E-state index in [0.717, 1.165) is 4.90 Å². The molecule has 0 aromatic rings. The minimum absolute atomic E-state index is 0.0135. The molecule has 1 rings (SSSR count). The quantitative estimate of drug-likeness (QED) is 0.803. The Hall–Kier alpha value is -1.39. The molecule has 0 bridgehead atoms. The summed E-state index contributed by atoms with van der Waals surface area (Å²) in [5.74, 6) is -2.17. The SMILES string of the molecule is CC(C)(C)CC(CN1C(=O)CC(C)(C)CC1=O)C(=O)O. The van der Waals surface area contributed by atoms with Gasteiger partial charge in [0.25, 0.3) is 0 Å². The zero-order chi connectivity index (χ0) is 15.7. The highest BCUT2D eigenvalue weighted by molar-refractivity contribution is 5.98. The molecule has 2 amide bonds. The predicted octanol–water partition coefficient (Wildman–Crippen LogP) is 2.30. The Bertz CT molecular complexity index is 400. The average Bonchev–Trinajstić information content (AvgIpc) is 2.18. The molecule has 0 spiro atoms. The molecule has 114 valence electrons. The molecule has 1 aliphatic heterocycles. The van der Waals surface area contributed by atoms with Gasteiger partial charge in [0.05, 0.1) is 5.92 Å². The lowest BCUT2D eigenvalue weighted by Gasteiger charge is -2.36. The van der Waals surface area contributed by atoms with Gasteiger partial charge in [-0.3, -0.25) is 19.3 Å². The van der Waals surface area contributed by atoms with Crippen LogP contribution in [-0.4, -0.2) is 34.3 Å². The van der Waals surface area contributed by atoms with Gasteiger partial charge in [0.15, 0.2) is 0 Å². The maximum Gasteiger partial charge on any atom is 0.308 e. The number of carboxylic acid groups (broad SMARTS) is 1. The summed E-state index contributed by atoms with van der Waals surface area (Å²) < 4.78 is 0. The molecular weight excluding hydrogens is 258 g/mol.